The van der Waals surface area contributed by atoms with Crippen LogP contribution in [0.3, 0.4) is 0 Å². The second-order valence-electron chi connectivity index (χ2n) is 15.0. The van der Waals surface area contributed by atoms with Gasteiger partial charge in [-0.05, 0) is 93.5 Å². The molecule has 0 bridgehead atoms. The highest BCUT2D eigenvalue weighted by Gasteiger charge is 2.35. The second kappa shape index (κ2) is 10.7. The van der Waals surface area contributed by atoms with Crippen LogP contribution in [0.15, 0.2) is 84.9 Å². The predicted octanol–water partition coefficient (Wildman–Crippen LogP) is 16.5. The molecule has 0 aliphatic heterocycles. The van der Waals surface area contributed by atoms with Crippen LogP contribution in [0.25, 0.3) is 127 Å². The Bertz CT molecular complexity index is 2930. The van der Waals surface area contributed by atoms with Gasteiger partial charge >= 0.3 is 0 Å². The third-order valence-electron chi connectivity index (χ3n) is 11.9. The van der Waals surface area contributed by atoms with Gasteiger partial charge in [0.1, 0.15) is 0 Å². The fraction of sp³-hybridized carbons (Fsp3) is 0.149. The summed E-state index contributed by atoms with van der Waals surface area (Å²) >= 11 is 9.76. The lowest BCUT2D eigenvalue weighted by Gasteiger charge is -2.07. The molecule has 0 atom stereocenters. The summed E-state index contributed by atoms with van der Waals surface area (Å²) in [5.74, 6) is 0. The highest BCUT2D eigenvalue weighted by Crippen LogP contribution is 2.63. The van der Waals surface area contributed by atoms with Crippen molar-refractivity contribution in [1.82, 2.24) is 0 Å². The van der Waals surface area contributed by atoms with Gasteiger partial charge in [0.2, 0.25) is 0 Å². The first-order valence-electron chi connectivity index (χ1n) is 18.7. The highest BCUT2D eigenvalue weighted by atomic mass is 32.1. The van der Waals surface area contributed by atoms with Crippen molar-refractivity contribution in [2.24, 2.45) is 0 Å². The van der Waals surface area contributed by atoms with Crippen molar-refractivity contribution in [1.29, 1.82) is 0 Å². The van der Waals surface area contributed by atoms with Crippen LogP contribution in [-0.4, -0.2) is 6.54 Å². The summed E-state index contributed by atoms with van der Waals surface area (Å²) in [7, 11) is 0. The zero-order chi connectivity index (χ0) is 34.7. The molecule has 5 aromatic heterocycles. The number of rotatable bonds is 8. The Balaban J connectivity index is 0.834. The lowest BCUT2D eigenvalue weighted by Crippen LogP contribution is -1.98. The first-order chi connectivity index (χ1) is 26.1. The maximum atomic E-state index is 3.67. The summed E-state index contributed by atoms with van der Waals surface area (Å²) in [6, 6.07) is 33.6. The minimum absolute atomic E-state index is 1.06. The van der Waals surface area contributed by atoms with Crippen molar-refractivity contribution in [2.75, 3.05) is 11.9 Å². The van der Waals surface area contributed by atoms with Crippen LogP contribution in [-0.2, 0) is 0 Å². The van der Waals surface area contributed by atoms with Crippen molar-refractivity contribution in [3.63, 3.8) is 0 Å². The average molecular weight is 770 g/mol. The highest BCUT2D eigenvalue weighted by molar-refractivity contribution is 7.27. The van der Waals surface area contributed by atoms with E-state index in [-0.39, 0.29) is 0 Å². The molecule has 1 N–H and O–H groups in total. The quantitative estimate of drug-likeness (QED) is 0.152. The molecule has 53 heavy (non-hydrogen) atoms. The molecule has 0 fully saturated rings. The fourth-order valence-corrected chi connectivity index (χ4v) is 15.4. The molecule has 0 saturated carbocycles. The lowest BCUT2D eigenvalue weighted by atomic mass is 9.97. The minimum atomic E-state index is 1.06. The van der Waals surface area contributed by atoms with Crippen LogP contribution in [0.4, 0.5) is 5.00 Å². The van der Waals surface area contributed by atoms with E-state index in [2.05, 4.69) is 104 Å². The zero-order valence-corrected chi connectivity index (χ0v) is 33.2. The van der Waals surface area contributed by atoms with Crippen molar-refractivity contribution < 1.29 is 0 Å². The van der Waals surface area contributed by atoms with Gasteiger partial charge in [-0.3, -0.25) is 0 Å². The number of thiophene rings is 5. The summed E-state index contributed by atoms with van der Waals surface area (Å²) in [4.78, 5) is 12.7. The van der Waals surface area contributed by atoms with Crippen molar-refractivity contribution in [3.8, 4) is 106 Å². The normalized spacial score (nSPS) is 13.1. The predicted molar refractivity (Wildman–Crippen MR) is 237 cm³/mol. The van der Waals surface area contributed by atoms with E-state index < -0.39 is 0 Å². The fourth-order valence-electron chi connectivity index (χ4n) is 9.63. The molecule has 0 amide bonds. The van der Waals surface area contributed by atoms with E-state index in [4.69, 9.17) is 0 Å². The second-order valence-corrected chi connectivity index (χ2v) is 20.5. The van der Waals surface area contributed by atoms with Crippen molar-refractivity contribution in [3.05, 3.63) is 89.8 Å². The number of anilines is 1. The summed E-state index contributed by atoms with van der Waals surface area (Å²) in [6.07, 6.45) is 5.16. The molecule has 4 aliphatic rings. The molecule has 9 aromatic rings. The maximum absolute atomic E-state index is 3.67. The first kappa shape index (κ1) is 30.1. The number of hydrogen-bond acceptors (Lipinski definition) is 6. The Morgan fingerprint density at radius 2 is 0.830 bits per heavy atom. The number of hydrogen-bond donors (Lipinski definition) is 1. The van der Waals surface area contributed by atoms with E-state index in [0.29, 0.717) is 0 Å². The van der Waals surface area contributed by atoms with E-state index >= 15 is 0 Å². The Kier molecular flexibility index (Phi) is 6.06. The molecule has 4 aliphatic carbocycles. The Morgan fingerprint density at radius 1 is 0.396 bits per heavy atom. The Hall–Kier alpha value is -4.30. The molecule has 0 unspecified atom stereocenters. The van der Waals surface area contributed by atoms with Gasteiger partial charge in [0.25, 0.3) is 0 Å². The molecule has 0 spiro atoms. The van der Waals surface area contributed by atoms with Crippen molar-refractivity contribution >= 4 is 83.2 Å². The molecule has 5 heterocycles. The van der Waals surface area contributed by atoms with Gasteiger partial charge in [0.15, 0.2) is 0 Å². The summed E-state index contributed by atoms with van der Waals surface area (Å²) < 4.78 is 0. The molecule has 0 saturated heterocycles. The SMILES string of the molecule is CCCCCCNc1ccc(-c2cc3c(s2)-c2ccc4c5c(ccc-3c25)-c2cc(-c3cc5c(s3)-c3ccc6c7c(ccc-5c37)-c3sc(C)cc3-6)sc2-4)s1. The van der Waals surface area contributed by atoms with Crippen LogP contribution in [0.2, 0.25) is 0 Å². The summed E-state index contributed by atoms with van der Waals surface area (Å²) in [6.45, 7) is 5.57. The number of unbranched alkanes of at least 4 members (excludes halogenated alkanes) is 3. The third-order valence-corrected chi connectivity index (χ3v) is 18.0. The molecular weight excluding hydrogens is 739 g/mol. The van der Waals surface area contributed by atoms with Gasteiger partial charge in [0, 0.05) is 94.9 Å². The third kappa shape index (κ3) is 3.91. The largest absolute Gasteiger partial charge is 0.377 e. The molecule has 13 rings (SSSR count). The van der Waals surface area contributed by atoms with E-state index in [1.54, 1.807) is 0 Å². The van der Waals surface area contributed by atoms with E-state index in [9.17, 15) is 0 Å². The van der Waals surface area contributed by atoms with Crippen LogP contribution >= 0.6 is 56.7 Å². The summed E-state index contributed by atoms with van der Waals surface area (Å²) in [5.41, 5.74) is 17.0. The average Bonchev–Trinajstić information content (AvgIpc) is 4.02. The Morgan fingerprint density at radius 3 is 1.32 bits per heavy atom. The topological polar surface area (TPSA) is 12.0 Å². The first-order valence-corrected chi connectivity index (χ1v) is 22.8. The van der Waals surface area contributed by atoms with Gasteiger partial charge in [-0.2, -0.15) is 0 Å². The molecule has 4 aromatic carbocycles. The van der Waals surface area contributed by atoms with E-state index in [0.717, 1.165) is 6.54 Å². The number of nitrogens with one attached hydrogen (secondary N) is 1. The van der Waals surface area contributed by atoms with Gasteiger partial charge in [0.05, 0.1) is 5.00 Å². The smallest absolute Gasteiger partial charge is 0.0889 e. The minimum Gasteiger partial charge on any atom is -0.377 e. The van der Waals surface area contributed by atoms with Gasteiger partial charge in [-0.15, -0.1) is 56.7 Å². The molecule has 0 radical (unpaired) electrons. The molecule has 254 valence electrons. The van der Waals surface area contributed by atoms with Crippen LogP contribution in [0.1, 0.15) is 37.5 Å². The maximum Gasteiger partial charge on any atom is 0.0889 e. The molecule has 1 nitrogen and oxygen atoms in total. The van der Waals surface area contributed by atoms with Gasteiger partial charge in [-0.25, -0.2) is 0 Å². The monoisotopic (exact) mass is 769 g/mol. The van der Waals surface area contributed by atoms with Crippen LogP contribution in [0, 0.1) is 6.92 Å². The van der Waals surface area contributed by atoms with Crippen molar-refractivity contribution in [2.45, 2.75) is 39.5 Å². The number of fused-ring (bicyclic) bond motifs is 12. The summed E-state index contributed by atoms with van der Waals surface area (Å²) in [5, 5.41) is 10.8. The number of aryl methyl sites for hydroxylation is 1. The zero-order valence-electron chi connectivity index (χ0n) is 29.2. The molecular formula is C47H31NS5. The van der Waals surface area contributed by atoms with Gasteiger partial charge in [-0.1, -0.05) is 74.7 Å². The van der Waals surface area contributed by atoms with E-state index in [1.165, 1.54) is 163 Å². The van der Waals surface area contributed by atoms with Crippen LogP contribution in [0.5, 0.6) is 0 Å². The van der Waals surface area contributed by atoms with Crippen LogP contribution < -0.4 is 5.32 Å². The van der Waals surface area contributed by atoms with E-state index in [1.807, 2.05) is 56.7 Å². The standard InChI is InChI=1S/C47H31NS5/c1-3-4-5-6-17-48-39-16-15-35(50-39)36-19-32-24-7-8-25-33-20-37(53-47(33)30-14-13-29(45(32)51-36)41(24)42(25)30)38-21-34-26-10-11-27-40-23(31-18-22(2)49-44(27)31)9-12-28(43(26)40)46(34)52-38/h7-16,18-21,48H,3-6,17H2,1-2H3. The number of benzene rings is 4. The lowest BCUT2D eigenvalue weighted by molar-refractivity contribution is 0.685. The van der Waals surface area contributed by atoms with Gasteiger partial charge < -0.3 is 5.32 Å². The Labute approximate surface area is 327 Å². The molecule has 6 heteroatoms.